The molecule has 36 heavy (non-hydrogen) atoms. The van der Waals surface area contributed by atoms with Crippen LogP contribution in [0.4, 0.5) is 0 Å². The summed E-state index contributed by atoms with van der Waals surface area (Å²) in [6, 6.07) is 9.40. The van der Waals surface area contributed by atoms with E-state index in [-0.39, 0.29) is 41.5 Å². The van der Waals surface area contributed by atoms with Crippen LogP contribution < -0.4 is 5.32 Å². The Kier molecular flexibility index (Phi) is 9.44. The number of nitrogens with zero attached hydrogens (tertiary/aromatic N) is 2. The Morgan fingerprint density at radius 2 is 1.67 bits per heavy atom. The van der Waals surface area contributed by atoms with E-state index in [1.807, 2.05) is 41.8 Å². The summed E-state index contributed by atoms with van der Waals surface area (Å²) < 4.78 is 0. The van der Waals surface area contributed by atoms with E-state index in [1.54, 1.807) is 0 Å². The van der Waals surface area contributed by atoms with Crippen molar-refractivity contribution in [1.82, 2.24) is 15.1 Å². The van der Waals surface area contributed by atoms with E-state index in [9.17, 15) is 14.4 Å². The van der Waals surface area contributed by atoms with Crippen LogP contribution in [0.2, 0.25) is 0 Å². The maximum Gasteiger partial charge on any atom is 0.246 e. The van der Waals surface area contributed by atoms with Gasteiger partial charge in [0.05, 0.1) is 0 Å². The number of likely N-dealkylation sites (tertiary alicyclic amines) is 2. The van der Waals surface area contributed by atoms with Crippen molar-refractivity contribution in [2.45, 2.75) is 96.6 Å². The molecular formula is C30H45N3O3. The third kappa shape index (κ3) is 6.12. The molecule has 3 atom stereocenters. The van der Waals surface area contributed by atoms with Gasteiger partial charge in [-0.1, -0.05) is 63.4 Å². The summed E-state index contributed by atoms with van der Waals surface area (Å²) in [4.78, 5) is 44.9. The lowest BCUT2D eigenvalue weighted by atomic mass is 9.82. The van der Waals surface area contributed by atoms with Crippen molar-refractivity contribution in [3.8, 4) is 0 Å². The van der Waals surface area contributed by atoms with Crippen LogP contribution >= 0.6 is 0 Å². The fourth-order valence-electron chi connectivity index (χ4n) is 6.67. The van der Waals surface area contributed by atoms with Crippen molar-refractivity contribution in [2.75, 3.05) is 19.6 Å². The van der Waals surface area contributed by atoms with Crippen LogP contribution in [0, 0.1) is 17.8 Å². The zero-order valence-electron chi connectivity index (χ0n) is 22.3. The molecule has 0 unspecified atom stereocenters. The fourth-order valence-corrected chi connectivity index (χ4v) is 6.67. The summed E-state index contributed by atoms with van der Waals surface area (Å²) >= 11 is 0. The number of carbonyl (C=O) groups is 3. The smallest absolute Gasteiger partial charge is 0.246 e. The zero-order chi connectivity index (χ0) is 25.5. The number of rotatable bonds is 9. The van der Waals surface area contributed by atoms with E-state index in [0.29, 0.717) is 13.1 Å². The second kappa shape index (κ2) is 12.7. The van der Waals surface area contributed by atoms with Gasteiger partial charge in [-0.15, -0.1) is 0 Å². The van der Waals surface area contributed by atoms with Crippen LogP contribution in [0.1, 0.15) is 83.6 Å². The van der Waals surface area contributed by atoms with Gasteiger partial charge in [-0.2, -0.15) is 0 Å². The molecule has 0 aromatic heterocycles. The Morgan fingerprint density at radius 1 is 0.944 bits per heavy atom. The summed E-state index contributed by atoms with van der Waals surface area (Å²) in [5.74, 6) is 0.406. The van der Waals surface area contributed by atoms with Gasteiger partial charge in [0.2, 0.25) is 17.7 Å². The van der Waals surface area contributed by atoms with Crippen molar-refractivity contribution >= 4 is 17.7 Å². The van der Waals surface area contributed by atoms with Gasteiger partial charge in [-0.05, 0) is 68.8 Å². The molecule has 198 valence electrons. The maximum absolute atomic E-state index is 14.1. The first-order chi connectivity index (χ1) is 17.5. The first-order valence-corrected chi connectivity index (χ1v) is 14.5. The van der Waals surface area contributed by atoms with Crippen LogP contribution in [-0.4, -0.2) is 59.2 Å². The highest BCUT2D eigenvalue weighted by molar-refractivity contribution is 5.93. The Morgan fingerprint density at radius 3 is 2.36 bits per heavy atom. The molecule has 0 spiro atoms. The largest absolute Gasteiger partial charge is 0.344 e. The van der Waals surface area contributed by atoms with Gasteiger partial charge in [-0.25, -0.2) is 0 Å². The van der Waals surface area contributed by atoms with Crippen molar-refractivity contribution in [3.05, 3.63) is 35.9 Å². The van der Waals surface area contributed by atoms with Gasteiger partial charge in [0, 0.05) is 25.6 Å². The molecule has 2 heterocycles. The Hall–Kier alpha value is -2.37. The van der Waals surface area contributed by atoms with Crippen molar-refractivity contribution in [1.29, 1.82) is 0 Å². The molecule has 4 rings (SSSR count). The maximum atomic E-state index is 14.1. The van der Waals surface area contributed by atoms with Crippen LogP contribution in [0.25, 0.3) is 0 Å². The zero-order valence-corrected chi connectivity index (χ0v) is 22.3. The average Bonchev–Trinajstić information content (AvgIpc) is 3.27. The van der Waals surface area contributed by atoms with E-state index in [1.165, 1.54) is 12.0 Å². The highest BCUT2D eigenvalue weighted by atomic mass is 16.2. The Balaban J connectivity index is 1.51. The minimum Gasteiger partial charge on any atom is -0.344 e. The molecule has 1 N–H and O–H groups in total. The van der Waals surface area contributed by atoms with Crippen molar-refractivity contribution < 1.29 is 14.4 Å². The Labute approximate surface area is 217 Å². The SMILES string of the molecule is CCC(CC)C(=O)N[C@H](C(=O)N1CC[C@H]2CCCN(CCc3ccccc3)C(=O)[C@H]21)C1CCCCC1. The highest BCUT2D eigenvalue weighted by Gasteiger charge is 2.47. The fraction of sp³-hybridized carbons (Fsp3) is 0.700. The number of hydrogen-bond donors (Lipinski definition) is 1. The summed E-state index contributed by atoms with van der Waals surface area (Å²) in [6.45, 7) is 6.13. The lowest BCUT2D eigenvalue weighted by molar-refractivity contribution is -0.147. The first-order valence-electron chi connectivity index (χ1n) is 14.5. The van der Waals surface area contributed by atoms with Crippen LogP contribution in [0.15, 0.2) is 30.3 Å². The summed E-state index contributed by atoms with van der Waals surface area (Å²) in [5.41, 5.74) is 1.23. The molecule has 1 saturated carbocycles. The van der Waals surface area contributed by atoms with Crippen molar-refractivity contribution in [2.24, 2.45) is 17.8 Å². The molecule has 0 bridgehead atoms. The van der Waals surface area contributed by atoms with Crippen LogP contribution in [0.5, 0.6) is 0 Å². The normalized spacial score (nSPS) is 23.9. The standard InChI is InChI=1S/C30H45N3O3/c1-3-23(4-2)28(34)31-26(24-14-9-6-10-15-24)29(35)33-21-18-25-16-11-19-32(30(36)27(25)33)20-17-22-12-7-5-8-13-22/h5,7-8,12-13,23-27H,3-4,6,9-11,14-21H2,1-2H3,(H,31,34)/t25-,26+,27+/m1/s1. The average molecular weight is 496 g/mol. The summed E-state index contributed by atoms with van der Waals surface area (Å²) in [7, 11) is 0. The van der Waals surface area contributed by atoms with E-state index < -0.39 is 6.04 Å². The molecule has 3 fully saturated rings. The minimum atomic E-state index is -0.508. The van der Waals surface area contributed by atoms with Gasteiger partial charge in [0.25, 0.3) is 0 Å². The molecule has 3 amide bonds. The van der Waals surface area contributed by atoms with Crippen LogP contribution in [0.3, 0.4) is 0 Å². The molecular weight excluding hydrogens is 450 g/mol. The van der Waals surface area contributed by atoms with Gasteiger partial charge in [-0.3, -0.25) is 14.4 Å². The van der Waals surface area contributed by atoms with E-state index in [4.69, 9.17) is 0 Å². The quantitative estimate of drug-likeness (QED) is 0.546. The van der Waals surface area contributed by atoms with E-state index in [0.717, 1.165) is 70.8 Å². The molecule has 1 aliphatic carbocycles. The molecule has 0 radical (unpaired) electrons. The number of fused-ring (bicyclic) bond motifs is 1. The number of hydrogen-bond acceptors (Lipinski definition) is 3. The monoisotopic (exact) mass is 495 g/mol. The molecule has 1 aromatic carbocycles. The lowest BCUT2D eigenvalue weighted by Crippen LogP contribution is -2.57. The van der Waals surface area contributed by atoms with Gasteiger partial charge >= 0.3 is 0 Å². The summed E-state index contributed by atoms with van der Waals surface area (Å²) in [6.07, 6.45) is 10.6. The predicted octanol–water partition coefficient (Wildman–Crippen LogP) is 4.57. The second-order valence-corrected chi connectivity index (χ2v) is 11.1. The Bertz CT molecular complexity index is 879. The highest BCUT2D eigenvalue weighted by Crippen LogP contribution is 2.35. The molecule has 2 saturated heterocycles. The predicted molar refractivity (Wildman–Crippen MR) is 142 cm³/mol. The molecule has 3 aliphatic rings. The molecule has 1 aromatic rings. The third-order valence-electron chi connectivity index (χ3n) is 8.93. The lowest BCUT2D eigenvalue weighted by Gasteiger charge is -2.36. The number of nitrogens with one attached hydrogen (secondary N) is 1. The second-order valence-electron chi connectivity index (χ2n) is 11.1. The number of amides is 3. The van der Waals surface area contributed by atoms with E-state index >= 15 is 0 Å². The molecule has 2 aliphatic heterocycles. The topological polar surface area (TPSA) is 69.7 Å². The first kappa shape index (κ1) is 26.7. The number of carbonyl (C=O) groups excluding carboxylic acids is 3. The molecule has 6 heteroatoms. The van der Waals surface area contributed by atoms with Crippen LogP contribution in [-0.2, 0) is 20.8 Å². The van der Waals surface area contributed by atoms with E-state index in [2.05, 4.69) is 17.4 Å². The number of benzene rings is 1. The van der Waals surface area contributed by atoms with Crippen molar-refractivity contribution in [3.63, 3.8) is 0 Å². The van der Waals surface area contributed by atoms with Gasteiger partial charge < -0.3 is 15.1 Å². The third-order valence-corrected chi connectivity index (χ3v) is 8.93. The molecule has 6 nitrogen and oxygen atoms in total. The minimum absolute atomic E-state index is 0.00338. The van der Waals surface area contributed by atoms with Gasteiger partial charge in [0.15, 0.2) is 0 Å². The van der Waals surface area contributed by atoms with Gasteiger partial charge in [0.1, 0.15) is 12.1 Å². The summed E-state index contributed by atoms with van der Waals surface area (Å²) in [5, 5.41) is 3.19.